The molecule has 0 aromatic heterocycles. The Balaban J connectivity index is 2.28. The number of rotatable bonds is 4. The summed E-state index contributed by atoms with van der Waals surface area (Å²) >= 11 is 0. The lowest BCUT2D eigenvalue weighted by Gasteiger charge is -2.15. The van der Waals surface area contributed by atoms with Gasteiger partial charge in [0.25, 0.3) is 0 Å². The molecule has 2 amide bonds. The molecule has 0 saturated heterocycles. The van der Waals surface area contributed by atoms with Crippen LogP contribution in [0.15, 0.2) is 36.4 Å². The van der Waals surface area contributed by atoms with E-state index in [2.05, 4.69) is 5.32 Å². The second-order valence-electron chi connectivity index (χ2n) is 5.48. The van der Waals surface area contributed by atoms with Crippen molar-refractivity contribution in [3.8, 4) is 11.5 Å². The molecule has 0 fully saturated rings. The summed E-state index contributed by atoms with van der Waals surface area (Å²) in [6.07, 6.45) is -10.0. The van der Waals surface area contributed by atoms with Crippen LogP contribution in [0.25, 0.3) is 0 Å². The summed E-state index contributed by atoms with van der Waals surface area (Å²) < 4.78 is 87.2. The SMILES string of the molecule is COc1cc(NC(=O)Nc2cc(C(F)(F)F)cc(C(F)(F)F)c2)cc(OC)c1. The lowest BCUT2D eigenvalue weighted by atomic mass is 10.1. The van der Waals surface area contributed by atoms with E-state index in [0.717, 1.165) is 0 Å². The predicted molar refractivity (Wildman–Crippen MR) is 88.6 cm³/mol. The highest BCUT2D eigenvalue weighted by Crippen LogP contribution is 2.37. The van der Waals surface area contributed by atoms with Crippen molar-refractivity contribution in [2.45, 2.75) is 12.4 Å². The van der Waals surface area contributed by atoms with Gasteiger partial charge in [-0.05, 0) is 18.2 Å². The molecule has 152 valence electrons. The third-order valence-corrected chi connectivity index (χ3v) is 3.45. The Morgan fingerprint density at radius 3 is 1.46 bits per heavy atom. The number of amides is 2. The molecule has 0 saturated carbocycles. The van der Waals surface area contributed by atoms with E-state index in [1.807, 2.05) is 5.32 Å². The maximum atomic E-state index is 12.9. The van der Waals surface area contributed by atoms with E-state index < -0.39 is 35.2 Å². The van der Waals surface area contributed by atoms with Crippen molar-refractivity contribution >= 4 is 17.4 Å². The molecule has 28 heavy (non-hydrogen) atoms. The monoisotopic (exact) mass is 408 g/mol. The number of ether oxygens (including phenoxy) is 2. The van der Waals surface area contributed by atoms with E-state index >= 15 is 0 Å². The number of carbonyl (C=O) groups is 1. The fourth-order valence-corrected chi connectivity index (χ4v) is 2.20. The van der Waals surface area contributed by atoms with Gasteiger partial charge in [-0.15, -0.1) is 0 Å². The fourth-order valence-electron chi connectivity index (χ4n) is 2.20. The van der Waals surface area contributed by atoms with Gasteiger partial charge in [-0.2, -0.15) is 26.3 Å². The molecule has 2 aromatic rings. The number of anilines is 2. The van der Waals surface area contributed by atoms with Crippen LogP contribution in [-0.2, 0) is 12.4 Å². The van der Waals surface area contributed by atoms with Gasteiger partial charge in [-0.1, -0.05) is 0 Å². The summed E-state index contributed by atoms with van der Waals surface area (Å²) in [6, 6.07) is 4.00. The highest BCUT2D eigenvalue weighted by molar-refractivity contribution is 6.00. The van der Waals surface area contributed by atoms with Crippen molar-refractivity contribution in [2.75, 3.05) is 24.9 Å². The van der Waals surface area contributed by atoms with Gasteiger partial charge in [0.1, 0.15) is 11.5 Å². The normalized spacial score (nSPS) is 11.7. The molecule has 2 rings (SSSR count). The van der Waals surface area contributed by atoms with Gasteiger partial charge in [0, 0.05) is 29.6 Å². The van der Waals surface area contributed by atoms with Crippen molar-refractivity contribution in [3.05, 3.63) is 47.5 Å². The van der Waals surface area contributed by atoms with Gasteiger partial charge in [0.05, 0.1) is 25.3 Å². The molecule has 0 atom stereocenters. The molecular weight excluding hydrogens is 394 g/mol. The van der Waals surface area contributed by atoms with E-state index in [0.29, 0.717) is 23.6 Å². The van der Waals surface area contributed by atoms with Crippen molar-refractivity contribution in [1.29, 1.82) is 0 Å². The number of hydrogen-bond acceptors (Lipinski definition) is 3. The average Bonchev–Trinajstić information content (AvgIpc) is 2.59. The molecule has 0 aliphatic rings. The largest absolute Gasteiger partial charge is 0.497 e. The summed E-state index contributed by atoms with van der Waals surface area (Å²) in [5.74, 6) is 0.626. The Bertz CT molecular complexity index is 810. The second kappa shape index (κ2) is 7.87. The minimum atomic E-state index is -5.02. The first-order valence-corrected chi connectivity index (χ1v) is 7.53. The van der Waals surface area contributed by atoms with Gasteiger partial charge < -0.3 is 20.1 Å². The molecule has 0 bridgehead atoms. The third-order valence-electron chi connectivity index (χ3n) is 3.45. The number of urea groups is 1. The van der Waals surface area contributed by atoms with E-state index in [1.165, 1.54) is 32.4 Å². The maximum Gasteiger partial charge on any atom is 0.416 e. The van der Waals surface area contributed by atoms with E-state index in [-0.39, 0.29) is 11.8 Å². The van der Waals surface area contributed by atoms with Gasteiger partial charge >= 0.3 is 18.4 Å². The number of carbonyl (C=O) groups excluding carboxylic acids is 1. The summed E-state index contributed by atoms with van der Waals surface area (Å²) in [5, 5.41) is 4.24. The zero-order valence-corrected chi connectivity index (χ0v) is 14.5. The van der Waals surface area contributed by atoms with Crippen LogP contribution >= 0.6 is 0 Å². The van der Waals surface area contributed by atoms with Crippen molar-refractivity contribution in [2.24, 2.45) is 0 Å². The average molecular weight is 408 g/mol. The first-order chi connectivity index (χ1) is 12.9. The summed E-state index contributed by atoms with van der Waals surface area (Å²) in [6.45, 7) is 0. The first kappa shape index (κ1) is 21.2. The van der Waals surface area contributed by atoms with Crippen LogP contribution in [0.3, 0.4) is 0 Å². The van der Waals surface area contributed by atoms with Crippen molar-refractivity contribution < 1.29 is 40.6 Å². The number of alkyl halides is 6. The first-order valence-electron chi connectivity index (χ1n) is 7.53. The molecule has 2 N–H and O–H groups in total. The lowest BCUT2D eigenvalue weighted by molar-refractivity contribution is -0.143. The summed E-state index contributed by atoms with van der Waals surface area (Å²) in [7, 11) is 2.72. The molecule has 0 radical (unpaired) electrons. The van der Waals surface area contributed by atoms with Crippen LogP contribution < -0.4 is 20.1 Å². The lowest BCUT2D eigenvalue weighted by Crippen LogP contribution is -2.21. The molecule has 0 aliphatic heterocycles. The highest BCUT2D eigenvalue weighted by atomic mass is 19.4. The standard InChI is InChI=1S/C17H14F6N2O3/c1-27-13-6-12(7-14(8-13)28-2)25-15(26)24-11-4-9(16(18,19)20)3-10(5-11)17(21,22)23/h3-8H,1-2H3,(H2,24,25,26). The Morgan fingerprint density at radius 1 is 0.714 bits per heavy atom. The highest BCUT2D eigenvalue weighted by Gasteiger charge is 2.37. The van der Waals surface area contributed by atoms with Crippen LogP contribution in [0.5, 0.6) is 11.5 Å². The van der Waals surface area contributed by atoms with Crippen LogP contribution in [-0.4, -0.2) is 20.3 Å². The molecule has 5 nitrogen and oxygen atoms in total. The third kappa shape index (κ3) is 5.44. The molecule has 0 spiro atoms. The van der Waals surface area contributed by atoms with Gasteiger partial charge in [-0.3, -0.25) is 0 Å². The zero-order chi connectivity index (χ0) is 21.1. The summed E-state index contributed by atoms with van der Waals surface area (Å²) in [5.41, 5.74) is -3.60. The molecular formula is C17H14F6N2O3. The number of nitrogens with one attached hydrogen (secondary N) is 2. The van der Waals surface area contributed by atoms with Crippen LogP contribution in [0.1, 0.15) is 11.1 Å². The minimum absolute atomic E-state index is 0.0317. The van der Waals surface area contributed by atoms with E-state index in [9.17, 15) is 31.1 Å². The van der Waals surface area contributed by atoms with Crippen LogP contribution in [0.2, 0.25) is 0 Å². The molecule has 0 aliphatic carbocycles. The predicted octanol–water partition coefficient (Wildman–Crippen LogP) is 5.39. The number of benzene rings is 2. The minimum Gasteiger partial charge on any atom is -0.497 e. The van der Waals surface area contributed by atoms with Crippen LogP contribution in [0, 0.1) is 0 Å². The Labute approximate surface area is 155 Å². The molecule has 0 heterocycles. The Hall–Kier alpha value is -3.11. The zero-order valence-electron chi connectivity index (χ0n) is 14.5. The van der Waals surface area contributed by atoms with Crippen molar-refractivity contribution in [1.82, 2.24) is 0 Å². The fraction of sp³-hybridized carbons (Fsp3) is 0.235. The van der Waals surface area contributed by atoms with Gasteiger partial charge in [0.15, 0.2) is 0 Å². The second-order valence-corrected chi connectivity index (χ2v) is 5.48. The van der Waals surface area contributed by atoms with E-state index in [4.69, 9.17) is 9.47 Å². The topological polar surface area (TPSA) is 59.6 Å². The molecule has 2 aromatic carbocycles. The smallest absolute Gasteiger partial charge is 0.416 e. The molecule has 0 unspecified atom stereocenters. The number of hydrogen-bond donors (Lipinski definition) is 2. The number of halogens is 6. The van der Waals surface area contributed by atoms with E-state index in [1.54, 1.807) is 0 Å². The van der Waals surface area contributed by atoms with Gasteiger partial charge in [0.2, 0.25) is 0 Å². The van der Waals surface area contributed by atoms with Gasteiger partial charge in [-0.25, -0.2) is 4.79 Å². The molecule has 11 heteroatoms. The number of methoxy groups -OCH3 is 2. The maximum absolute atomic E-state index is 12.9. The van der Waals surface area contributed by atoms with Crippen molar-refractivity contribution in [3.63, 3.8) is 0 Å². The quantitative estimate of drug-likeness (QED) is 0.668. The Kier molecular flexibility index (Phi) is 5.95. The Morgan fingerprint density at radius 2 is 1.11 bits per heavy atom. The van der Waals surface area contributed by atoms with Crippen LogP contribution in [0.4, 0.5) is 42.5 Å². The summed E-state index contributed by atoms with van der Waals surface area (Å²) in [4.78, 5) is 12.0.